The Morgan fingerprint density at radius 3 is 2.74 bits per heavy atom. The van der Waals surface area contributed by atoms with Gasteiger partial charge in [0.1, 0.15) is 6.61 Å². The zero-order valence-corrected chi connectivity index (χ0v) is 12.0. The molecule has 0 aliphatic carbocycles. The second-order valence-corrected chi connectivity index (χ2v) is 5.19. The molecule has 1 amide bonds. The van der Waals surface area contributed by atoms with E-state index < -0.39 is 6.10 Å². The summed E-state index contributed by atoms with van der Waals surface area (Å²) >= 11 is 0. The smallest absolute Gasteiger partial charge is 0.323 e. The number of fused-ring (bicyclic) bond motifs is 2. The van der Waals surface area contributed by atoms with Crippen molar-refractivity contribution in [2.45, 2.75) is 6.10 Å². The second-order valence-electron chi connectivity index (χ2n) is 5.19. The number of rotatable bonds is 2. The van der Waals surface area contributed by atoms with E-state index in [1.54, 1.807) is 30.3 Å². The van der Waals surface area contributed by atoms with E-state index in [9.17, 15) is 9.59 Å². The molecule has 1 aliphatic rings. The highest BCUT2D eigenvalue weighted by molar-refractivity contribution is 5.96. The Bertz CT molecular complexity index is 944. The predicted molar refractivity (Wildman–Crippen MR) is 83.9 cm³/mol. The van der Waals surface area contributed by atoms with Gasteiger partial charge in [-0.1, -0.05) is 12.1 Å². The van der Waals surface area contributed by atoms with Crippen LogP contribution in [0.15, 0.2) is 47.3 Å². The van der Waals surface area contributed by atoms with Crippen molar-refractivity contribution in [2.24, 2.45) is 0 Å². The van der Waals surface area contributed by atoms with E-state index in [0.29, 0.717) is 28.2 Å². The normalized spacial score (nSPS) is 16.3. The number of carbonyl (C=O) groups excluding carboxylic acids is 1. The molecule has 116 valence electrons. The first-order valence-electron chi connectivity index (χ1n) is 7.10. The van der Waals surface area contributed by atoms with Gasteiger partial charge in [-0.25, -0.2) is 4.79 Å². The number of aromatic amines is 2. The third kappa shape index (κ3) is 2.52. The SMILES string of the molecule is O=C(Nc1ccc2[nH]c(=O)[nH]c2c1)[C@H]1COc2ccccc2O1. The lowest BCUT2D eigenvalue weighted by Crippen LogP contribution is -2.40. The molecule has 0 unspecified atom stereocenters. The van der Waals surface area contributed by atoms with Crippen molar-refractivity contribution in [1.82, 2.24) is 9.97 Å². The molecule has 0 fully saturated rings. The lowest BCUT2D eigenvalue weighted by atomic mass is 10.2. The van der Waals surface area contributed by atoms with Crippen LogP contribution in [0.1, 0.15) is 0 Å². The molecule has 0 saturated carbocycles. The first-order chi connectivity index (χ1) is 11.2. The van der Waals surface area contributed by atoms with Crippen molar-refractivity contribution < 1.29 is 14.3 Å². The third-order valence-electron chi connectivity index (χ3n) is 3.58. The van der Waals surface area contributed by atoms with Gasteiger partial charge in [-0.2, -0.15) is 0 Å². The summed E-state index contributed by atoms with van der Waals surface area (Å²) in [6.45, 7) is 0.145. The molecule has 2 aromatic carbocycles. The van der Waals surface area contributed by atoms with Crippen molar-refractivity contribution >= 4 is 22.6 Å². The third-order valence-corrected chi connectivity index (χ3v) is 3.58. The van der Waals surface area contributed by atoms with Crippen LogP contribution in [0, 0.1) is 0 Å². The van der Waals surface area contributed by atoms with Crippen LogP contribution in [-0.4, -0.2) is 28.6 Å². The minimum absolute atomic E-state index is 0.145. The largest absolute Gasteiger partial charge is 0.485 e. The maximum Gasteiger partial charge on any atom is 0.323 e. The van der Waals surface area contributed by atoms with Crippen LogP contribution >= 0.6 is 0 Å². The average Bonchev–Trinajstić information content (AvgIpc) is 2.93. The Hall–Kier alpha value is -3.22. The van der Waals surface area contributed by atoms with Crippen molar-refractivity contribution in [3.05, 3.63) is 52.9 Å². The van der Waals surface area contributed by atoms with Gasteiger partial charge in [-0.15, -0.1) is 0 Å². The number of ether oxygens (including phenoxy) is 2. The maximum absolute atomic E-state index is 12.3. The van der Waals surface area contributed by atoms with Crippen molar-refractivity contribution in [3.8, 4) is 11.5 Å². The first-order valence-corrected chi connectivity index (χ1v) is 7.10. The average molecular weight is 311 g/mol. The van der Waals surface area contributed by atoms with Gasteiger partial charge in [-0.05, 0) is 30.3 Å². The van der Waals surface area contributed by atoms with Crippen LogP contribution in [-0.2, 0) is 4.79 Å². The highest BCUT2D eigenvalue weighted by Gasteiger charge is 2.27. The number of amides is 1. The standard InChI is InChI=1S/C16H13N3O4/c20-15(14-8-22-12-3-1-2-4-13(12)23-14)17-9-5-6-10-11(7-9)19-16(21)18-10/h1-7,14H,8H2,(H,17,20)(H2,18,19,21)/t14-/m1/s1. The number of imidazole rings is 1. The summed E-state index contributed by atoms with van der Waals surface area (Å²) in [4.78, 5) is 28.9. The summed E-state index contributed by atoms with van der Waals surface area (Å²) in [5, 5.41) is 2.76. The van der Waals surface area contributed by atoms with Gasteiger partial charge in [0.2, 0.25) is 6.10 Å². The first kappa shape index (κ1) is 13.4. The van der Waals surface area contributed by atoms with E-state index in [0.717, 1.165) is 0 Å². The Balaban J connectivity index is 1.52. The number of nitrogens with one attached hydrogen (secondary N) is 3. The van der Waals surface area contributed by atoms with Crippen LogP contribution in [0.2, 0.25) is 0 Å². The lowest BCUT2D eigenvalue weighted by Gasteiger charge is -2.25. The molecule has 1 aromatic heterocycles. The summed E-state index contributed by atoms with van der Waals surface area (Å²) in [7, 11) is 0. The minimum atomic E-state index is -0.731. The molecule has 4 rings (SSSR count). The molecule has 7 nitrogen and oxygen atoms in total. The molecule has 0 spiro atoms. The zero-order valence-electron chi connectivity index (χ0n) is 12.0. The van der Waals surface area contributed by atoms with Gasteiger partial charge >= 0.3 is 5.69 Å². The molecule has 3 aromatic rings. The number of H-pyrrole nitrogens is 2. The van der Waals surface area contributed by atoms with E-state index >= 15 is 0 Å². The number of benzene rings is 2. The molecule has 0 radical (unpaired) electrons. The maximum atomic E-state index is 12.3. The molecule has 1 atom stereocenters. The Labute approximate surface area is 130 Å². The number of para-hydroxylation sites is 2. The number of hydrogen-bond acceptors (Lipinski definition) is 4. The number of aromatic nitrogens is 2. The fourth-order valence-electron chi connectivity index (χ4n) is 2.48. The zero-order chi connectivity index (χ0) is 15.8. The van der Waals surface area contributed by atoms with Crippen LogP contribution < -0.4 is 20.5 Å². The number of anilines is 1. The Morgan fingerprint density at radius 1 is 1.09 bits per heavy atom. The second kappa shape index (κ2) is 5.20. The highest BCUT2D eigenvalue weighted by atomic mass is 16.6. The molecule has 0 saturated heterocycles. The molecule has 3 N–H and O–H groups in total. The monoisotopic (exact) mass is 311 g/mol. The molecule has 23 heavy (non-hydrogen) atoms. The summed E-state index contributed by atoms with van der Waals surface area (Å²) < 4.78 is 11.2. The van der Waals surface area contributed by atoms with Gasteiger partial charge in [-0.3, -0.25) is 4.79 Å². The fourth-order valence-corrected chi connectivity index (χ4v) is 2.48. The number of carbonyl (C=O) groups is 1. The van der Waals surface area contributed by atoms with Crippen molar-refractivity contribution in [2.75, 3.05) is 11.9 Å². The van der Waals surface area contributed by atoms with Crippen LogP contribution in [0.5, 0.6) is 11.5 Å². The molecule has 2 heterocycles. The molecular formula is C16H13N3O4. The van der Waals surface area contributed by atoms with Crippen LogP contribution in [0.25, 0.3) is 11.0 Å². The van der Waals surface area contributed by atoms with E-state index in [2.05, 4.69) is 15.3 Å². The summed E-state index contributed by atoms with van der Waals surface area (Å²) in [6.07, 6.45) is -0.731. The van der Waals surface area contributed by atoms with Crippen molar-refractivity contribution in [1.29, 1.82) is 0 Å². The van der Waals surface area contributed by atoms with E-state index in [-0.39, 0.29) is 18.2 Å². The Morgan fingerprint density at radius 2 is 1.87 bits per heavy atom. The Kier molecular flexibility index (Phi) is 3.04. The van der Waals surface area contributed by atoms with Gasteiger partial charge in [0.15, 0.2) is 11.5 Å². The highest BCUT2D eigenvalue weighted by Crippen LogP contribution is 2.31. The van der Waals surface area contributed by atoms with Gasteiger partial charge in [0.25, 0.3) is 5.91 Å². The fraction of sp³-hybridized carbons (Fsp3) is 0.125. The minimum Gasteiger partial charge on any atom is -0.485 e. The van der Waals surface area contributed by atoms with E-state index in [4.69, 9.17) is 9.47 Å². The predicted octanol–water partition coefficient (Wildman–Crippen LogP) is 1.63. The molecule has 1 aliphatic heterocycles. The quantitative estimate of drug-likeness (QED) is 0.670. The topological polar surface area (TPSA) is 96.2 Å². The van der Waals surface area contributed by atoms with Gasteiger partial charge in [0.05, 0.1) is 11.0 Å². The van der Waals surface area contributed by atoms with Crippen LogP contribution in [0.4, 0.5) is 5.69 Å². The van der Waals surface area contributed by atoms with E-state index in [1.807, 2.05) is 12.1 Å². The van der Waals surface area contributed by atoms with Crippen LogP contribution in [0.3, 0.4) is 0 Å². The summed E-state index contributed by atoms with van der Waals surface area (Å²) in [6, 6.07) is 12.3. The molecular weight excluding hydrogens is 298 g/mol. The molecule has 7 heteroatoms. The lowest BCUT2D eigenvalue weighted by molar-refractivity contribution is -0.125. The summed E-state index contributed by atoms with van der Waals surface area (Å²) in [5.74, 6) is 0.865. The molecule has 0 bridgehead atoms. The summed E-state index contributed by atoms with van der Waals surface area (Å²) in [5.41, 5.74) is 1.59. The number of hydrogen-bond donors (Lipinski definition) is 3. The van der Waals surface area contributed by atoms with Crippen molar-refractivity contribution in [3.63, 3.8) is 0 Å². The van der Waals surface area contributed by atoms with Gasteiger partial charge < -0.3 is 24.8 Å². The van der Waals surface area contributed by atoms with E-state index in [1.165, 1.54) is 0 Å². The van der Waals surface area contributed by atoms with Gasteiger partial charge in [0, 0.05) is 5.69 Å².